The predicted molar refractivity (Wildman–Crippen MR) is 52.6 cm³/mol. The number of fused-ring (bicyclic) bond motifs is 1. The van der Waals surface area contributed by atoms with Crippen molar-refractivity contribution >= 4 is 22.6 Å². The first-order valence-corrected chi connectivity index (χ1v) is 4.29. The van der Waals surface area contributed by atoms with Gasteiger partial charge in [-0.2, -0.15) is 0 Å². The van der Waals surface area contributed by atoms with Crippen LogP contribution in [0.15, 0.2) is 30.5 Å². The van der Waals surface area contributed by atoms with E-state index in [0.29, 0.717) is 5.39 Å². The van der Waals surface area contributed by atoms with Crippen LogP contribution in [0.1, 0.15) is 10.4 Å². The molecule has 15 heavy (non-hydrogen) atoms. The third-order valence-corrected chi connectivity index (χ3v) is 2.14. The van der Waals surface area contributed by atoms with Crippen LogP contribution in [0, 0.1) is 0 Å². The second-order valence-corrected chi connectivity index (χ2v) is 3.02. The Hall–Kier alpha value is -2.14. The molecule has 1 heterocycles. The molecule has 2 rings (SSSR count). The number of aromatic nitrogens is 1. The maximum Gasteiger partial charge on any atom is 0.315 e. The summed E-state index contributed by atoms with van der Waals surface area (Å²) in [6.45, 7) is 0. The highest BCUT2D eigenvalue weighted by Crippen LogP contribution is 2.17. The Morgan fingerprint density at radius 1 is 1.27 bits per heavy atom. The van der Waals surface area contributed by atoms with Gasteiger partial charge in [-0.3, -0.25) is 14.8 Å². The summed E-state index contributed by atoms with van der Waals surface area (Å²) in [5.74, 6) is -1.81. The topological polar surface area (TPSA) is 82.2 Å². The molecule has 0 radical (unpaired) electrons. The van der Waals surface area contributed by atoms with E-state index in [2.05, 4.69) is 4.98 Å². The second-order valence-electron chi connectivity index (χ2n) is 3.02. The van der Waals surface area contributed by atoms with Crippen molar-refractivity contribution < 1.29 is 14.8 Å². The lowest BCUT2D eigenvalue weighted by molar-refractivity contribution is -0.124. The Morgan fingerprint density at radius 3 is 2.73 bits per heavy atom. The first kappa shape index (κ1) is 9.42. The number of aromatic amines is 1. The molecule has 0 atom stereocenters. The molecule has 2 aromatic rings. The molecule has 1 aromatic heterocycles. The number of benzene rings is 1. The number of carbonyl (C=O) groups excluding carboxylic acids is 2. The molecule has 0 saturated heterocycles. The molecule has 0 fully saturated rings. The van der Waals surface area contributed by atoms with E-state index in [1.165, 1.54) is 11.7 Å². The lowest BCUT2D eigenvalue weighted by Crippen LogP contribution is -2.27. The number of ketones is 1. The molecule has 0 saturated carbocycles. The number of amides is 1. The second kappa shape index (κ2) is 3.55. The first-order chi connectivity index (χ1) is 7.24. The number of hydrogen-bond donors (Lipinski definition) is 3. The Morgan fingerprint density at radius 2 is 2.00 bits per heavy atom. The molecular formula is C10H8N2O3. The van der Waals surface area contributed by atoms with E-state index in [1.54, 1.807) is 18.2 Å². The van der Waals surface area contributed by atoms with Gasteiger partial charge in [0.05, 0.1) is 5.56 Å². The van der Waals surface area contributed by atoms with E-state index < -0.39 is 11.7 Å². The number of hydrogen-bond acceptors (Lipinski definition) is 3. The van der Waals surface area contributed by atoms with E-state index in [4.69, 9.17) is 5.21 Å². The number of Topliss-reactive ketones (excluding diaryl/α,β-unsaturated/α-hetero) is 1. The Kier molecular flexibility index (Phi) is 2.23. The molecule has 0 bridgehead atoms. The number of rotatable bonds is 2. The Balaban J connectivity index is 2.53. The quantitative estimate of drug-likeness (QED) is 0.293. The van der Waals surface area contributed by atoms with E-state index in [9.17, 15) is 9.59 Å². The van der Waals surface area contributed by atoms with Crippen LogP contribution in [0.25, 0.3) is 10.9 Å². The predicted octanol–water partition coefficient (Wildman–Crippen LogP) is 0.856. The fraction of sp³-hybridized carbons (Fsp3) is 0. The molecule has 0 aliphatic rings. The summed E-state index contributed by atoms with van der Waals surface area (Å²) < 4.78 is 0. The highest BCUT2D eigenvalue weighted by Gasteiger charge is 2.18. The molecule has 1 amide bonds. The van der Waals surface area contributed by atoms with Gasteiger partial charge in [-0.05, 0) is 6.07 Å². The third kappa shape index (κ3) is 1.49. The molecule has 0 spiro atoms. The molecule has 0 unspecified atom stereocenters. The average molecular weight is 204 g/mol. The lowest BCUT2D eigenvalue weighted by atomic mass is 10.1. The lowest BCUT2D eigenvalue weighted by Gasteiger charge is -1.95. The van der Waals surface area contributed by atoms with Crippen molar-refractivity contribution in [2.45, 2.75) is 0 Å². The van der Waals surface area contributed by atoms with Gasteiger partial charge in [-0.15, -0.1) is 0 Å². The Bertz CT molecular complexity index is 530. The largest absolute Gasteiger partial charge is 0.360 e. The fourth-order valence-electron chi connectivity index (χ4n) is 1.43. The van der Waals surface area contributed by atoms with Crippen molar-refractivity contribution in [1.82, 2.24) is 10.5 Å². The maximum atomic E-state index is 11.5. The van der Waals surface area contributed by atoms with Crippen molar-refractivity contribution in [1.29, 1.82) is 0 Å². The standard InChI is InChI=1S/C10H8N2O3/c13-9(10(14)12-15)7-5-11-8-4-2-1-3-6(7)8/h1-5,11,15H,(H,12,14). The minimum absolute atomic E-state index is 0.247. The number of para-hydroxylation sites is 1. The summed E-state index contributed by atoms with van der Waals surface area (Å²) in [7, 11) is 0. The van der Waals surface area contributed by atoms with Gasteiger partial charge in [0.25, 0.3) is 5.78 Å². The molecule has 0 aliphatic carbocycles. The monoisotopic (exact) mass is 204 g/mol. The van der Waals surface area contributed by atoms with Crippen LogP contribution < -0.4 is 5.48 Å². The number of nitrogens with one attached hydrogen (secondary N) is 2. The van der Waals surface area contributed by atoms with Gasteiger partial charge >= 0.3 is 5.91 Å². The summed E-state index contributed by atoms with van der Waals surface area (Å²) in [6.07, 6.45) is 1.45. The summed E-state index contributed by atoms with van der Waals surface area (Å²) in [5.41, 5.74) is 2.33. The van der Waals surface area contributed by atoms with Gasteiger partial charge in [0.2, 0.25) is 0 Å². The van der Waals surface area contributed by atoms with Crippen molar-refractivity contribution in [3.8, 4) is 0 Å². The van der Waals surface area contributed by atoms with Crippen LogP contribution in [-0.2, 0) is 4.79 Å². The van der Waals surface area contributed by atoms with Crippen molar-refractivity contribution in [3.63, 3.8) is 0 Å². The van der Waals surface area contributed by atoms with Crippen LogP contribution in [0.2, 0.25) is 0 Å². The maximum absolute atomic E-state index is 11.5. The summed E-state index contributed by atoms with van der Waals surface area (Å²) >= 11 is 0. The smallest absolute Gasteiger partial charge is 0.315 e. The van der Waals surface area contributed by atoms with Crippen molar-refractivity contribution in [2.24, 2.45) is 0 Å². The first-order valence-electron chi connectivity index (χ1n) is 4.29. The highest BCUT2D eigenvalue weighted by atomic mass is 16.5. The third-order valence-electron chi connectivity index (χ3n) is 2.14. The molecule has 5 heteroatoms. The van der Waals surface area contributed by atoms with Gasteiger partial charge in [0.1, 0.15) is 0 Å². The molecule has 5 nitrogen and oxygen atoms in total. The summed E-state index contributed by atoms with van der Waals surface area (Å²) in [5, 5.41) is 9.00. The van der Waals surface area contributed by atoms with E-state index in [0.717, 1.165) is 5.52 Å². The summed E-state index contributed by atoms with van der Waals surface area (Å²) in [4.78, 5) is 25.3. The SMILES string of the molecule is O=C(NO)C(=O)c1c[nH]c2ccccc12. The molecular weight excluding hydrogens is 196 g/mol. The van der Waals surface area contributed by atoms with Gasteiger partial charge in [-0.25, -0.2) is 5.48 Å². The van der Waals surface area contributed by atoms with Gasteiger partial charge in [0, 0.05) is 17.1 Å². The van der Waals surface area contributed by atoms with Crippen molar-refractivity contribution in [3.05, 3.63) is 36.0 Å². The van der Waals surface area contributed by atoms with Crippen molar-refractivity contribution in [2.75, 3.05) is 0 Å². The zero-order valence-corrected chi connectivity index (χ0v) is 7.65. The fourth-order valence-corrected chi connectivity index (χ4v) is 1.43. The van der Waals surface area contributed by atoms with Crippen LogP contribution in [0.3, 0.4) is 0 Å². The zero-order valence-electron chi connectivity index (χ0n) is 7.65. The Labute approximate surface area is 84.7 Å². The number of H-pyrrole nitrogens is 1. The normalized spacial score (nSPS) is 10.2. The highest BCUT2D eigenvalue weighted by molar-refractivity contribution is 6.44. The zero-order chi connectivity index (χ0) is 10.8. The molecule has 3 N–H and O–H groups in total. The number of carbonyl (C=O) groups is 2. The van der Waals surface area contributed by atoms with Crippen LogP contribution in [0.5, 0.6) is 0 Å². The van der Waals surface area contributed by atoms with E-state index in [-0.39, 0.29) is 5.56 Å². The number of hydroxylamine groups is 1. The van der Waals surface area contributed by atoms with Gasteiger partial charge in [-0.1, -0.05) is 18.2 Å². The van der Waals surface area contributed by atoms with Crippen LogP contribution >= 0.6 is 0 Å². The minimum Gasteiger partial charge on any atom is -0.360 e. The van der Waals surface area contributed by atoms with E-state index in [1.807, 2.05) is 6.07 Å². The van der Waals surface area contributed by atoms with Crippen LogP contribution in [0.4, 0.5) is 0 Å². The van der Waals surface area contributed by atoms with E-state index >= 15 is 0 Å². The molecule has 0 aliphatic heterocycles. The van der Waals surface area contributed by atoms with Gasteiger partial charge in [0.15, 0.2) is 0 Å². The van der Waals surface area contributed by atoms with Crippen LogP contribution in [-0.4, -0.2) is 21.9 Å². The molecule has 1 aromatic carbocycles. The minimum atomic E-state index is -1.04. The molecule has 76 valence electrons. The van der Waals surface area contributed by atoms with Gasteiger partial charge < -0.3 is 4.98 Å². The summed E-state index contributed by atoms with van der Waals surface area (Å²) in [6, 6.07) is 7.11. The average Bonchev–Trinajstić information content (AvgIpc) is 2.70.